The number of nitro benzene ring substituents is 1. The van der Waals surface area contributed by atoms with Gasteiger partial charge in [0.05, 0.1) is 4.92 Å². The summed E-state index contributed by atoms with van der Waals surface area (Å²) in [7, 11) is 1.67. The summed E-state index contributed by atoms with van der Waals surface area (Å²) in [5, 5.41) is 11.1. The normalized spacial score (nSPS) is 20.3. The molecule has 1 aromatic rings. The topological polar surface area (TPSA) is 81.9 Å². The molecule has 1 fully saturated rings. The van der Waals surface area contributed by atoms with E-state index in [-0.39, 0.29) is 23.6 Å². The molecule has 0 heterocycles. The first-order valence-corrected chi connectivity index (χ1v) is 8.63. The standard InChI is InChI=1S/C18H25FN2O5/c1-18(2,3)26-17(22)20(4)13-6-5-7-14(11-13)25-16-10-12(19)8-9-15(16)21(23)24/h8-10,13-14H,5-7,11H2,1-4H3. The number of carbonyl (C=O) groups excluding carboxylic acids is 1. The Bertz CT molecular complexity index is 674. The van der Waals surface area contributed by atoms with Crippen LogP contribution in [0.2, 0.25) is 0 Å². The van der Waals surface area contributed by atoms with Gasteiger partial charge in [-0.15, -0.1) is 0 Å². The van der Waals surface area contributed by atoms with Gasteiger partial charge in [-0.3, -0.25) is 10.1 Å². The lowest BCUT2D eigenvalue weighted by atomic mass is 9.92. The van der Waals surface area contributed by atoms with Crippen molar-refractivity contribution in [2.45, 2.75) is 64.2 Å². The first-order chi connectivity index (χ1) is 12.1. The van der Waals surface area contributed by atoms with Crippen LogP contribution in [0.5, 0.6) is 5.75 Å². The molecule has 1 aliphatic carbocycles. The second-order valence-electron chi connectivity index (χ2n) is 7.52. The van der Waals surface area contributed by atoms with Crippen molar-refractivity contribution >= 4 is 11.8 Å². The number of carbonyl (C=O) groups is 1. The molecule has 2 atom stereocenters. The van der Waals surface area contributed by atoms with Gasteiger partial charge in [-0.25, -0.2) is 9.18 Å². The first-order valence-electron chi connectivity index (χ1n) is 8.63. The fourth-order valence-electron chi connectivity index (χ4n) is 2.97. The van der Waals surface area contributed by atoms with E-state index in [0.29, 0.717) is 12.8 Å². The average Bonchev–Trinajstić information content (AvgIpc) is 2.52. The predicted molar refractivity (Wildman–Crippen MR) is 93.7 cm³/mol. The van der Waals surface area contributed by atoms with E-state index < -0.39 is 22.4 Å². The smallest absolute Gasteiger partial charge is 0.410 e. The van der Waals surface area contributed by atoms with Crippen LogP contribution in [0.4, 0.5) is 14.9 Å². The Kier molecular flexibility index (Phi) is 6.05. The number of nitro groups is 1. The van der Waals surface area contributed by atoms with Crippen molar-refractivity contribution in [3.63, 3.8) is 0 Å². The number of ether oxygens (including phenoxy) is 2. The van der Waals surface area contributed by atoms with Crippen molar-refractivity contribution in [1.29, 1.82) is 0 Å². The lowest BCUT2D eigenvalue weighted by molar-refractivity contribution is -0.386. The van der Waals surface area contributed by atoms with Gasteiger partial charge < -0.3 is 14.4 Å². The summed E-state index contributed by atoms with van der Waals surface area (Å²) in [6, 6.07) is 3.05. The van der Waals surface area contributed by atoms with Crippen molar-refractivity contribution in [3.05, 3.63) is 34.1 Å². The van der Waals surface area contributed by atoms with Crippen LogP contribution in [0.3, 0.4) is 0 Å². The SMILES string of the molecule is CN(C(=O)OC(C)(C)C)C1CCCC(Oc2cc(F)ccc2[N+](=O)[O-])C1. The molecule has 1 aromatic carbocycles. The highest BCUT2D eigenvalue weighted by Gasteiger charge is 2.32. The largest absolute Gasteiger partial charge is 0.483 e. The summed E-state index contributed by atoms with van der Waals surface area (Å²) in [5.74, 6) is -0.676. The number of amides is 1. The maximum atomic E-state index is 13.5. The van der Waals surface area contributed by atoms with E-state index in [0.717, 1.165) is 31.0 Å². The van der Waals surface area contributed by atoms with E-state index in [1.807, 2.05) is 0 Å². The highest BCUT2D eigenvalue weighted by atomic mass is 19.1. The van der Waals surface area contributed by atoms with Gasteiger partial charge in [0, 0.05) is 31.6 Å². The highest BCUT2D eigenvalue weighted by molar-refractivity contribution is 5.68. The predicted octanol–water partition coefficient (Wildman–Crippen LogP) is 4.29. The monoisotopic (exact) mass is 368 g/mol. The van der Waals surface area contributed by atoms with Crippen molar-refractivity contribution in [2.24, 2.45) is 0 Å². The van der Waals surface area contributed by atoms with Crippen LogP contribution < -0.4 is 4.74 Å². The van der Waals surface area contributed by atoms with E-state index in [9.17, 15) is 19.3 Å². The molecule has 1 saturated carbocycles. The van der Waals surface area contributed by atoms with Gasteiger partial charge in [-0.05, 0) is 46.1 Å². The van der Waals surface area contributed by atoms with E-state index in [4.69, 9.17) is 9.47 Å². The Morgan fingerprint density at radius 1 is 1.35 bits per heavy atom. The molecule has 0 aliphatic heterocycles. The van der Waals surface area contributed by atoms with Gasteiger partial charge in [0.1, 0.15) is 17.5 Å². The molecule has 1 aliphatic rings. The van der Waals surface area contributed by atoms with E-state index in [2.05, 4.69) is 0 Å². The quantitative estimate of drug-likeness (QED) is 0.585. The highest BCUT2D eigenvalue weighted by Crippen LogP contribution is 2.32. The molecule has 144 valence electrons. The van der Waals surface area contributed by atoms with Crippen LogP contribution in [-0.4, -0.2) is 40.7 Å². The Labute approximate surface area is 152 Å². The third-order valence-corrected chi connectivity index (χ3v) is 4.24. The molecule has 2 rings (SSSR count). The Morgan fingerprint density at radius 3 is 2.65 bits per heavy atom. The van der Waals surface area contributed by atoms with Crippen LogP contribution in [-0.2, 0) is 4.74 Å². The van der Waals surface area contributed by atoms with Gasteiger partial charge in [-0.1, -0.05) is 0 Å². The van der Waals surface area contributed by atoms with Crippen LogP contribution >= 0.6 is 0 Å². The zero-order valence-corrected chi connectivity index (χ0v) is 15.5. The van der Waals surface area contributed by atoms with Gasteiger partial charge in [0.15, 0.2) is 5.75 Å². The second kappa shape index (κ2) is 7.88. The third kappa shape index (κ3) is 5.31. The maximum absolute atomic E-state index is 13.5. The zero-order chi connectivity index (χ0) is 19.5. The van der Waals surface area contributed by atoms with Crippen molar-refractivity contribution in [3.8, 4) is 5.75 Å². The van der Waals surface area contributed by atoms with E-state index in [1.54, 1.807) is 32.7 Å². The molecule has 26 heavy (non-hydrogen) atoms. The molecule has 1 amide bonds. The Balaban J connectivity index is 2.06. The van der Waals surface area contributed by atoms with E-state index in [1.165, 1.54) is 0 Å². The second-order valence-corrected chi connectivity index (χ2v) is 7.52. The average molecular weight is 368 g/mol. The van der Waals surface area contributed by atoms with Crippen LogP contribution in [0.1, 0.15) is 46.5 Å². The fraction of sp³-hybridized carbons (Fsp3) is 0.611. The number of halogens is 1. The van der Waals surface area contributed by atoms with Crippen LogP contribution in [0.25, 0.3) is 0 Å². The third-order valence-electron chi connectivity index (χ3n) is 4.24. The van der Waals surface area contributed by atoms with Crippen molar-refractivity contribution in [2.75, 3.05) is 7.05 Å². The molecular weight excluding hydrogens is 343 g/mol. The molecular formula is C18H25FN2O5. The van der Waals surface area contributed by atoms with Crippen LogP contribution in [0.15, 0.2) is 18.2 Å². The minimum absolute atomic E-state index is 0.0828. The van der Waals surface area contributed by atoms with Crippen LogP contribution in [0, 0.1) is 15.9 Å². The first kappa shape index (κ1) is 19.9. The summed E-state index contributed by atoms with van der Waals surface area (Å²) in [5.41, 5.74) is -0.855. The van der Waals surface area contributed by atoms with Gasteiger partial charge in [0.2, 0.25) is 0 Å². The Morgan fingerprint density at radius 2 is 2.04 bits per heavy atom. The summed E-state index contributed by atoms with van der Waals surface area (Å²) < 4.78 is 24.6. The number of hydrogen-bond acceptors (Lipinski definition) is 5. The number of nitrogens with zero attached hydrogens (tertiary/aromatic N) is 2. The molecule has 2 unspecified atom stereocenters. The Hall–Kier alpha value is -2.38. The molecule has 0 N–H and O–H groups in total. The molecule has 0 spiro atoms. The summed E-state index contributed by atoms with van der Waals surface area (Å²) in [6.07, 6.45) is 2.03. The summed E-state index contributed by atoms with van der Waals surface area (Å²) in [4.78, 5) is 24.3. The van der Waals surface area contributed by atoms with Gasteiger partial charge in [0.25, 0.3) is 0 Å². The minimum Gasteiger partial charge on any atom is -0.483 e. The van der Waals surface area contributed by atoms with Crippen molar-refractivity contribution in [1.82, 2.24) is 4.90 Å². The number of rotatable bonds is 4. The summed E-state index contributed by atoms with van der Waals surface area (Å²) >= 11 is 0. The molecule has 7 nitrogen and oxygen atoms in total. The fourth-order valence-corrected chi connectivity index (χ4v) is 2.97. The lowest BCUT2D eigenvalue weighted by Gasteiger charge is -2.36. The minimum atomic E-state index is -0.595. The number of hydrogen-bond donors (Lipinski definition) is 0. The summed E-state index contributed by atoms with van der Waals surface area (Å²) in [6.45, 7) is 5.40. The molecule has 0 radical (unpaired) electrons. The molecule has 0 aromatic heterocycles. The molecule has 8 heteroatoms. The zero-order valence-electron chi connectivity index (χ0n) is 15.5. The van der Waals surface area contributed by atoms with Gasteiger partial charge >= 0.3 is 11.8 Å². The van der Waals surface area contributed by atoms with Crippen molar-refractivity contribution < 1.29 is 23.6 Å². The van der Waals surface area contributed by atoms with E-state index >= 15 is 0 Å². The maximum Gasteiger partial charge on any atom is 0.410 e. The molecule has 0 bridgehead atoms. The molecule has 0 saturated heterocycles. The van der Waals surface area contributed by atoms with Gasteiger partial charge in [-0.2, -0.15) is 0 Å². The number of benzene rings is 1. The lowest BCUT2D eigenvalue weighted by Crippen LogP contribution is -2.44.